The summed E-state index contributed by atoms with van der Waals surface area (Å²) in [7, 11) is 1.60. The summed E-state index contributed by atoms with van der Waals surface area (Å²) in [6, 6.07) is 0. The van der Waals surface area contributed by atoms with E-state index in [1.165, 1.54) is 12.5 Å². The van der Waals surface area contributed by atoms with Gasteiger partial charge in [-0.25, -0.2) is 0 Å². The summed E-state index contributed by atoms with van der Waals surface area (Å²) in [6.07, 6.45) is 11.0. The Morgan fingerprint density at radius 2 is 1.82 bits per heavy atom. The smallest absolute Gasteiger partial charge is 0.302 e. The number of amides is 1. The number of ether oxygens (including phenoxy) is 4. The minimum atomic E-state index is -0.600. The monoisotopic (exact) mass is 567 g/mol. The minimum Gasteiger partial charge on any atom is -0.466 e. The molecule has 0 aromatic carbocycles. The molecule has 1 heterocycles. The van der Waals surface area contributed by atoms with Gasteiger partial charge in [-0.1, -0.05) is 32.1 Å². The Labute approximate surface area is 243 Å². The predicted molar refractivity (Wildman–Crippen MR) is 159 cm³/mol. The molecule has 0 bridgehead atoms. The molecule has 2 N–H and O–H groups in total. The van der Waals surface area contributed by atoms with Gasteiger partial charge in [0.05, 0.1) is 36.6 Å². The number of methoxy groups -OCH3 is 1. The van der Waals surface area contributed by atoms with Gasteiger partial charge in [0.2, 0.25) is 5.91 Å². The maximum absolute atomic E-state index is 12.2. The number of aliphatic hydroxyl groups is 1. The molecule has 0 unspecified atom stereocenters. The maximum atomic E-state index is 12.2. The average molecular weight is 568 g/mol. The van der Waals surface area contributed by atoms with Crippen LogP contribution >= 0.6 is 0 Å². The average Bonchev–Trinajstić information content (AvgIpc) is 2.84. The van der Waals surface area contributed by atoms with Gasteiger partial charge in [-0.3, -0.25) is 9.59 Å². The summed E-state index contributed by atoms with van der Waals surface area (Å²) in [5.41, 5.74) is 0.819. The Balaban J connectivity index is 2.50. The number of aliphatic hydroxyl groups excluding tert-OH is 1. The minimum absolute atomic E-state index is 0.0119. The third-order valence-corrected chi connectivity index (χ3v) is 7.46. The number of nitrogens with one attached hydrogen (secondary N) is 1. The van der Waals surface area contributed by atoms with Crippen LogP contribution in [0.5, 0.6) is 0 Å². The first-order valence-corrected chi connectivity index (χ1v) is 15.0. The van der Waals surface area contributed by atoms with Crippen molar-refractivity contribution in [2.24, 2.45) is 11.8 Å². The van der Waals surface area contributed by atoms with E-state index in [-0.39, 0.29) is 41.9 Å². The number of hydrogen-bond acceptors (Lipinski definition) is 7. The van der Waals surface area contributed by atoms with Crippen LogP contribution in [-0.2, 0) is 28.5 Å². The molecule has 0 aromatic heterocycles. The zero-order valence-electron chi connectivity index (χ0n) is 26.5. The van der Waals surface area contributed by atoms with Crippen LogP contribution in [0.4, 0.5) is 0 Å². The van der Waals surface area contributed by atoms with E-state index in [1.54, 1.807) is 14.0 Å². The summed E-state index contributed by atoms with van der Waals surface area (Å²) in [5, 5.41) is 13.0. The molecule has 0 saturated carbocycles. The molecule has 1 fully saturated rings. The molecular weight excluding hydrogens is 510 g/mol. The third kappa shape index (κ3) is 14.8. The molecular formula is C32H57NO7. The van der Waals surface area contributed by atoms with Gasteiger partial charge in [0.1, 0.15) is 6.10 Å². The van der Waals surface area contributed by atoms with Crippen molar-refractivity contribution in [3.8, 4) is 0 Å². The van der Waals surface area contributed by atoms with E-state index in [9.17, 15) is 14.7 Å². The van der Waals surface area contributed by atoms with Crippen LogP contribution in [0.15, 0.2) is 23.8 Å². The third-order valence-electron chi connectivity index (χ3n) is 7.46. The summed E-state index contributed by atoms with van der Waals surface area (Å²) in [6.45, 7) is 16.7. The van der Waals surface area contributed by atoms with Crippen LogP contribution in [0.3, 0.4) is 0 Å². The topological polar surface area (TPSA) is 103 Å². The van der Waals surface area contributed by atoms with Gasteiger partial charge in [-0.2, -0.15) is 0 Å². The predicted octanol–water partition coefficient (Wildman–Crippen LogP) is 5.52. The largest absolute Gasteiger partial charge is 0.466 e. The second-order valence-electron chi connectivity index (χ2n) is 12.2. The van der Waals surface area contributed by atoms with Crippen LogP contribution < -0.4 is 5.32 Å². The summed E-state index contributed by atoms with van der Waals surface area (Å²) >= 11 is 0. The van der Waals surface area contributed by atoms with Gasteiger partial charge in [0.15, 0.2) is 0 Å². The second-order valence-corrected chi connectivity index (χ2v) is 12.2. The zero-order valence-corrected chi connectivity index (χ0v) is 26.5. The van der Waals surface area contributed by atoms with Crippen LogP contribution in [0.25, 0.3) is 0 Å². The van der Waals surface area contributed by atoms with Gasteiger partial charge in [0.25, 0.3) is 0 Å². The molecule has 1 aliphatic rings. The van der Waals surface area contributed by atoms with Crippen LogP contribution in [0, 0.1) is 11.8 Å². The molecule has 0 aromatic rings. The zero-order chi connectivity index (χ0) is 30.3. The lowest BCUT2D eigenvalue weighted by Crippen LogP contribution is -2.42. The van der Waals surface area contributed by atoms with E-state index < -0.39 is 6.10 Å². The molecule has 8 heteroatoms. The van der Waals surface area contributed by atoms with Crippen molar-refractivity contribution >= 4 is 11.9 Å². The van der Waals surface area contributed by atoms with Gasteiger partial charge in [-0.15, -0.1) is 0 Å². The van der Waals surface area contributed by atoms with Crippen molar-refractivity contribution in [3.05, 3.63) is 23.8 Å². The number of carbonyl (C=O) groups is 2. The van der Waals surface area contributed by atoms with Crippen LogP contribution in [0.1, 0.15) is 100 Å². The lowest BCUT2D eigenvalue weighted by Gasteiger charge is -2.35. The van der Waals surface area contributed by atoms with Crippen molar-refractivity contribution < 1.29 is 33.6 Å². The first-order valence-electron chi connectivity index (χ1n) is 15.0. The quantitative estimate of drug-likeness (QED) is 0.128. The van der Waals surface area contributed by atoms with E-state index in [2.05, 4.69) is 58.2 Å². The van der Waals surface area contributed by atoms with E-state index in [1.807, 2.05) is 6.92 Å². The highest BCUT2D eigenvalue weighted by Crippen LogP contribution is 2.29. The van der Waals surface area contributed by atoms with E-state index in [4.69, 9.17) is 18.9 Å². The van der Waals surface area contributed by atoms with Crippen molar-refractivity contribution in [3.63, 3.8) is 0 Å². The Morgan fingerprint density at radius 3 is 2.45 bits per heavy atom. The standard InChI is InChI=1S/C32H57NO7/c1-22(20-32(7,8)40-26(5)31(37-9)25(4)34)14-13-15-23(2)30-24(3)17-18-28(39-30)21-33-29(36)16-11-10-12-19-38-27(6)35/h13-15,22,24-26,28,30-31,34H,10-12,16-21H2,1-9H3,(H,33,36)/b14-13+,23-15+/t22-,24+,25-,26-,28-,30-,31+/m1/s1. The molecule has 0 radical (unpaired) electrons. The Morgan fingerprint density at radius 1 is 1.12 bits per heavy atom. The normalized spacial score (nSPS) is 23.4. The van der Waals surface area contributed by atoms with Crippen molar-refractivity contribution in [1.82, 2.24) is 5.32 Å². The molecule has 232 valence electrons. The highest BCUT2D eigenvalue weighted by molar-refractivity contribution is 5.75. The summed E-state index contributed by atoms with van der Waals surface area (Å²) in [4.78, 5) is 23.0. The number of unbranched alkanes of at least 4 members (excludes halogenated alkanes) is 2. The molecule has 7 atom stereocenters. The molecule has 1 aliphatic heterocycles. The molecule has 0 aliphatic carbocycles. The second kappa shape index (κ2) is 18.6. The first kappa shape index (κ1) is 36.3. The summed E-state index contributed by atoms with van der Waals surface area (Å²) in [5.74, 6) is 0.496. The molecule has 1 saturated heterocycles. The van der Waals surface area contributed by atoms with Crippen molar-refractivity contribution in [2.45, 2.75) is 136 Å². The van der Waals surface area contributed by atoms with Gasteiger partial charge < -0.3 is 29.4 Å². The first-order chi connectivity index (χ1) is 18.8. The molecule has 1 amide bonds. The van der Waals surface area contributed by atoms with Gasteiger partial charge in [0, 0.05) is 27.0 Å². The maximum Gasteiger partial charge on any atom is 0.302 e. The Kier molecular flexibility index (Phi) is 16.9. The van der Waals surface area contributed by atoms with Crippen LogP contribution in [0.2, 0.25) is 0 Å². The number of hydrogen-bond donors (Lipinski definition) is 2. The fourth-order valence-electron chi connectivity index (χ4n) is 5.55. The van der Waals surface area contributed by atoms with E-state index >= 15 is 0 Å². The number of carbonyl (C=O) groups excluding carboxylic acids is 2. The molecule has 8 nitrogen and oxygen atoms in total. The highest BCUT2D eigenvalue weighted by atomic mass is 16.6. The fraction of sp³-hybridized carbons (Fsp3) is 0.812. The van der Waals surface area contributed by atoms with Crippen molar-refractivity contribution in [1.29, 1.82) is 0 Å². The van der Waals surface area contributed by atoms with Crippen LogP contribution in [-0.4, -0.2) is 73.4 Å². The number of allylic oxidation sites excluding steroid dienone is 3. The molecule has 40 heavy (non-hydrogen) atoms. The lowest BCUT2D eigenvalue weighted by molar-refractivity contribution is -0.149. The number of rotatable bonds is 18. The van der Waals surface area contributed by atoms with Crippen molar-refractivity contribution in [2.75, 3.05) is 20.3 Å². The van der Waals surface area contributed by atoms with E-state index in [0.29, 0.717) is 31.4 Å². The molecule has 0 spiro atoms. The number of esters is 1. The molecule has 1 rings (SSSR count). The fourth-order valence-corrected chi connectivity index (χ4v) is 5.55. The SMILES string of the molecule is CO[C@@H]([C@@H](C)O)[C@@H](C)OC(C)(C)C[C@H](C)/C=C/C=C(\C)[C@H]1O[C@@H](CNC(=O)CCCCCOC(C)=O)CC[C@@H]1C. The van der Waals surface area contributed by atoms with Gasteiger partial charge in [-0.05, 0) is 90.6 Å². The lowest BCUT2D eigenvalue weighted by atomic mass is 9.89. The Hall–Kier alpha value is -1.74. The van der Waals surface area contributed by atoms with E-state index in [0.717, 1.165) is 38.5 Å². The Bertz CT molecular complexity index is 807. The highest BCUT2D eigenvalue weighted by Gasteiger charge is 2.31. The summed E-state index contributed by atoms with van der Waals surface area (Å²) < 4.78 is 23.0. The van der Waals surface area contributed by atoms with Gasteiger partial charge >= 0.3 is 5.97 Å².